The molecule has 1 heterocycles. The molecule has 0 saturated carbocycles. The topological polar surface area (TPSA) is 178 Å². The molecule has 4 N–H and O–H groups in total. The highest BCUT2D eigenvalue weighted by Gasteiger charge is 2.48. The monoisotopic (exact) mass is 907 g/mol. The Morgan fingerprint density at radius 3 is 1.45 bits per heavy atom. The van der Waals surface area contributed by atoms with Crippen LogP contribution in [0.1, 0.15) is 232 Å². The predicted molar refractivity (Wildman–Crippen MR) is 248 cm³/mol. The van der Waals surface area contributed by atoms with Gasteiger partial charge in [0.05, 0.1) is 19.8 Å². The first-order chi connectivity index (χ1) is 30.1. The Balaban J connectivity index is 2.36. The van der Waals surface area contributed by atoms with Crippen LogP contribution in [0.5, 0.6) is 0 Å². The van der Waals surface area contributed by atoms with E-state index in [0.717, 1.165) is 44.9 Å². The average molecular weight is 907 g/mol. The zero-order valence-electron chi connectivity index (χ0n) is 39.5. The second-order valence-corrected chi connectivity index (χ2v) is 18.8. The Labute approximate surface area is 379 Å². The molecule has 0 aromatic rings. The summed E-state index contributed by atoms with van der Waals surface area (Å²) in [6.45, 7) is 4.03. The summed E-state index contributed by atoms with van der Waals surface area (Å²) in [4.78, 5) is 12.9. The molecule has 62 heavy (non-hydrogen) atoms. The van der Waals surface area contributed by atoms with Crippen LogP contribution >= 0.6 is 0 Å². The van der Waals surface area contributed by atoms with E-state index in [1.54, 1.807) is 0 Å². The summed E-state index contributed by atoms with van der Waals surface area (Å²) >= 11 is 0. The molecule has 0 aromatic heterocycles. The Bertz CT molecular complexity index is 1140. The quantitative estimate of drug-likeness (QED) is 0.0197. The highest BCUT2D eigenvalue weighted by Crippen LogP contribution is 2.26. The van der Waals surface area contributed by atoms with Gasteiger partial charge in [-0.3, -0.25) is 9.35 Å². The highest BCUT2D eigenvalue weighted by atomic mass is 32.3. The third-order valence-corrected chi connectivity index (χ3v) is 12.4. The molecular formula is C49H94O12S. The van der Waals surface area contributed by atoms with E-state index < -0.39 is 59.8 Å². The van der Waals surface area contributed by atoms with E-state index in [1.807, 2.05) is 0 Å². The Morgan fingerprint density at radius 1 is 0.597 bits per heavy atom. The van der Waals surface area contributed by atoms with Crippen molar-refractivity contribution in [2.75, 3.05) is 26.4 Å². The standard InChI is InChI=1S/C49H94O12S/c1-3-5-7-9-11-13-15-17-19-21-23-25-27-29-31-33-35-37-39-57-41-43(42-58-49-47(53)48(61-62(54,55)56)46(52)44(40-50)60-49)59-45(51)38-36-34-32-30-28-26-24-22-20-18-16-14-12-10-8-6-4-2/h18,20,43-44,46-50,52-53H,3-17,19,21-42H2,1-2H3,(H,54,55,56)/b20-18-. The van der Waals surface area contributed by atoms with Gasteiger partial charge in [0.25, 0.3) is 0 Å². The number of carbonyl (C=O) groups excluding carboxylic acids is 1. The first-order valence-electron chi connectivity index (χ1n) is 25.4. The largest absolute Gasteiger partial charge is 0.457 e. The van der Waals surface area contributed by atoms with Crippen LogP contribution in [0.2, 0.25) is 0 Å². The first-order valence-corrected chi connectivity index (χ1v) is 26.8. The second-order valence-electron chi connectivity index (χ2n) is 17.8. The van der Waals surface area contributed by atoms with Crippen LogP contribution in [0.15, 0.2) is 12.2 Å². The van der Waals surface area contributed by atoms with Crippen LogP contribution in [-0.2, 0) is 38.3 Å². The summed E-state index contributed by atoms with van der Waals surface area (Å²) in [6.07, 6.45) is 36.7. The van der Waals surface area contributed by atoms with Crippen molar-refractivity contribution in [1.82, 2.24) is 0 Å². The highest BCUT2D eigenvalue weighted by molar-refractivity contribution is 7.80. The van der Waals surface area contributed by atoms with Crippen LogP contribution in [0.4, 0.5) is 0 Å². The lowest BCUT2D eigenvalue weighted by Gasteiger charge is -2.41. The third kappa shape index (κ3) is 34.2. The van der Waals surface area contributed by atoms with E-state index in [4.69, 9.17) is 18.9 Å². The second kappa shape index (κ2) is 41.3. The zero-order chi connectivity index (χ0) is 45.4. The molecule has 1 rings (SSSR count). The van der Waals surface area contributed by atoms with Crippen LogP contribution in [0.25, 0.3) is 0 Å². The molecular weight excluding hydrogens is 813 g/mol. The molecule has 0 spiro atoms. The molecule has 368 valence electrons. The molecule has 1 fully saturated rings. The van der Waals surface area contributed by atoms with Gasteiger partial charge in [-0.25, -0.2) is 4.18 Å². The summed E-state index contributed by atoms with van der Waals surface area (Å²) in [7, 11) is -5.06. The number of esters is 1. The molecule has 6 atom stereocenters. The number of aliphatic hydroxyl groups excluding tert-OH is 3. The van der Waals surface area contributed by atoms with E-state index in [1.165, 1.54) is 161 Å². The lowest BCUT2D eigenvalue weighted by atomic mass is 9.99. The van der Waals surface area contributed by atoms with Gasteiger partial charge in [-0.1, -0.05) is 199 Å². The fraction of sp³-hybridized carbons (Fsp3) is 0.939. The summed E-state index contributed by atoms with van der Waals surface area (Å²) in [5.74, 6) is -0.399. The number of unbranched alkanes of at least 4 members (excludes halogenated alkanes) is 30. The molecule has 0 bridgehead atoms. The van der Waals surface area contributed by atoms with Gasteiger partial charge in [0.15, 0.2) is 6.29 Å². The minimum Gasteiger partial charge on any atom is -0.457 e. The molecule has 1 aliphatic rings. The first kappa shape index (κ1) is 58.9. The zero-order valence-corrected chi connectivity index (χ0v) is 40.3. The minimum absolute atomic E-state index is 0.0404. The lowest BCUT2D eigenvalue weighted by Crippen LogP contribution is -2.60. The molecule has 6 unspecified atom stereocenters. The van der Waals surface area contributed by atoms with Crippen LogP contribution in [0, 0.1) is 0 Å². The Morgan fingerprint density at radius 2 is 1.02 bits per heavy atom. The van der Waals surface area contributed by atoms with Gasteiger partial charge in [0.1, 0.15) is 30.5 Å². The number of aliphatic hydroxyl groups is 3. The molecule has 0 amide bonds. The molecule has 1 saturated heterocycles. The van der Waals surface area contributed by atoms with Gasteiger partial charge in [-0.15, -0.1) is 0 Å². The molecule has 0 radical (unpaired) electrons. The van der Waals surface area contributed by atoms with Gasteiger partial charge in [-0.2, -0.15) is 8.42 Å². The van der Waals surface area contributed by atoms with Crippen molar-refractivity contribution in [2.24, 2.45) is 0 Å². The van der Waals surface area contributed by atoms with Gasteiger partial charge >= 0.3 is 16.4 Å². The maximum atomic E-state index is 12.9. The number of hydrogen-bond donors (Lipinski definition) is 4. The average Bonchev–Trinajstić information content (AvgIpc) is 3.24. The smallest absolute Gasteiger partial charge is 0.397 e. The van der Waals surface area contributed by atoms with Gasteiger partial charge in [0, 0.05) is 13.0 Å². The van der Waals surface area contributed by atoms with Gasteiger partial charge in [-0.05, 0) is 38.5 Å². The normalized spacial score (nSPS) is 20.0. The number of carbonyl (C=O) groups is 1. The van der Waals surface area contributed by atoms with Crippen LogP contribution in [-0.4, -0.2) is 97.5 Å². The van der Waals surface area contributed by atoms with Gasteiger partial charge in [0.2, 0.25) is 0 Å². The molecule has 13 heteroatoms. The van der Waals surface area contributed by atoms with E-state index in [0.29, 0.717) is 13.0 Å². The SMILES string of the molecule is CCCCCCCC/C=C\CCCCCCCCCC(=O)OC(COCCCCCCCCCCCCCCCCCCCC)COC1OC(CO)C(O)C(OS(=O)(=O)O)C1O. The van der Waals surface area contributed by atoms with Crippen molar-refractivity contribution in [3.8, 4) is 0 Å². The summed E-state index contributed by atoms with van der Waals surface area (Å²) in [6, 6.07) is 0. The van der Waals surface area contributed by atoms with E-state index in [2.05, 4.69) is 30.2 Å². The van der Waals surface area contributed by atoms with Crippen molar-refractivity contribution in [3.05, 3.63) is 12.2 Å². The number of allylic oxidation sites excluding steroid dienone is 2. The van der Waals surface area contributed by atoms with Crippen molar-refractivity contribution in [1.29, 1.82) is 0 Å². The summed E-state index contributed by atoms with van der Waals surface area (Å²) < 4.78 is 59.2. The van der Waals surface area contributed by atoms with Crippen LogP contribution in [0.3, 0.4) is 0 Å². The van der Waals surface area contributed by atoms with Crippen molar-refractivity contribution < 1.29 is 56.2 Å². The Hall–Kier alpha value is -1.16. The fourth-order valence-electron chi connectivity index (χ4n) is 8.02. The summed E-state index contributed by atoms with van der Waals surface area (Å²) in [5.41, 5.74) is 0. The number of rotatable bonds is 45. The molecule has 1 aliphatic heterocycles. The Kier molecular flexibility index (Phi) is 39.2. The van der Waals surface area contributed by atoms with Crippen molar-refractivity contribution >= 4 is 16.4 Å². The predicted octanol–water partition coefficient (Wildman–Crippen LogP) is 11.4. The van der Waals surface area contributed by atoms with Crippen molar-refractivity contribution in [3.63, 3.8) is 0 Å². The van der Waals surface area contributed by atoms with E-state index >= 15 is 0 Å². The molecule has 0 aliphatic carbocycles. The summed E-state index contributed by atoms with van der Waals surface area (Å²) in [5, 5.41) is 30.7. The van der Waals surface area contributed by atoms with E-state index in [9.17, 15) is 33.1 Å². The number of ether oxygens (including phenoxy) is 4. The van der Waals surface area contributed by atoms with Crippen molar-refractivity contribution in [2.45, 2.75) is 269 Å². The molecule has 0 aromatic carbocycles. The minimum atomic E-state index is -5.06. The maximum absolute atomic E-state index is 12.9. The maximum Gasteiger partial charge on any atom is 0.397 e. The third-order valence-electron chi connectivity index (χ3n) is 11.9. The van der Waals surface area contributed by atoms with E-state index in [-0.39, 0.29) is 19.6 Å². The molecule has 12 nitrogen and oxygen atoms in total. The fourth-order valence-corrected chi connectivity index (χ4v) is 8.53. The lowest BCUT2D eigenvalue weighted by molar-refractivity contribution is -0.301. The van der Waals surface area contributed by atoms with Crippen LogP contribution < -0.4 is 0 Å². The number of hydrogen-bond acceptors (Lipinski definition) is 11. The van der Waals surface area contributed by atoms with Gasteiger partial charge < -0.3 is 34.3 Å².